The fourth-order valence-corrected chi connectivity index (χ4v) is 3.36. The third-order valence-corrected chi connectivity index (χ3v) is 5.38. The number of aliphatic hydroxyl groups excluding tert-OH is 1. The highest BCUT2D eigenvalue weighted by Gasteiger charge is 2.33. The van der Waals surface area contributed by atoms with Crippen molar-refractivity contribution < 1.29 is 18.7 Å². The molecule has 1 fully saturated rings. The van der Waals surface area contributed by atoms with Crippen LogP contribution in [0.1, 0.15) is 55.7 Å². The summed E-state index contributed by atoms with van der Waals surface area (Å²) in [4.78, 5) is 17.1. The van der Waals surface area contributed by atoms with Crippen LogP contribution in [-0.2, 0) is 13.1 Å². The molecule has 0 bridgehead atoms. The molecule has 0 radical (unpaired) electrons. The van der Waals surface area contributed by atoms with Crippen LogP contribution in [0.2, 0.25) is 0 Å². The first-order valence-electron chi connectivity index (χ1n) is 9.65. The molecule has 6 heteroatoms. The second kappa shape index (κ2) is 8.31. The van der Waals surface area contributed by atoms with E-state index in [-0.39, 0.29) is 19.1 Å². The quantitative estimate of drug-likeness (QED) is 0.803. The minimum absolute atomic E-state index is 0.154. The third kappa shape index (κ3) is 4.82. The molecule has 1 N–H and O–H groups in total. The van der Waals surface area contributed by atoms with E-state index >= 15 is 0 Å². The van der Waals surface area contributed by atoms with E-state index in [2.05, 4.69) is 11.8 Å². The normalized spacial score (nSPS) is 16.6. The Labute approximate surface area is 160 Å². The minimum atomic E-state index is -0.736. The Bertz CT molecular complexity index is 727. The van der Waals surface area contributed by atoms with Gasteiger partial charge in [0.2, 0.25) is 0 Å². The topological polar surface area (TPSA) is 70.1 Å². The van der Waals surface area contributed by atoms with Gasteiger partial charge < -0.3 is 18.8 Å². The van der Waals surface area contributed by atoms with Crippen molar-refractivity contribution >= 4 is 5.91 Å². The van der Waals surface area contributed by atoms with Crippen LogP contribution in [0.3, 0.4) is 0 Å². The van der Waals surface area contributed by atoms with Gasteiger partial charge in [0.1, 0.15) is 11.5 Å². The van der Waals surface area contributed by atoms with Gasteiger partial charge in [-0.05, 0) is 70.0 Å². The molecule has 0 aliphatic carbocycles. The van der Waals surface area contributed by atoms with Crippen LogP contribution in [0.15, 0.2) is 39.4 Å². The van der Waals surface area contributed by atoms with Crippen LogP contribution < -0.4 is 0 Å². The summed E-state index contributed by atoms with van der Waals surface area (Å²) in [7, 11) is 0. The van der Waals surface area contributed by atoms with Crippen LogP contribution in [0.25, 0.3) is 0 Å². The summed E-state index contributed by atoms with van der Waals surface area (Å²) < 4.78 is 11.3. The molecule has 0 spiro atoms. The Kier molecular flexibility index (Phi) is 6.07. The average molecular weight is 374 g/mol. The highest BCUT2D eigenvalue weighted by atomic mass is 16.4. The Balaban J connectivity index is 1.71. The average Bonchev–Trinajstić information content (AvgIpc) is 3.33. The second-order valence-electron chi connectivity index (χ2n) is 8.17. The van der Waals surface area contributed by atoms with Gasteiger partial charge in [-0.1, -0.05) is 6.92 Å². The lowest BCUT2D eigenvalue weighted by molar-refractivity contribution is 0.0284. The fourth-order valence-electron chi connectivity index (χ4n) is 3.36. The number of carbonyl (C=O) groups is 1. The minimum Gasteiger partial charge on any atom is -0.467 e. The van der Waals surface area contributed by atoms with Crippen LogP contribution in [0.4, 0.5) is 0 Å². The molecule has 2 aromatic heterocycles. The Morgan fingerprint density at radius 2 is 2.00 bits per heavy atom. The van der Waals surface area contributed by atoms with Gasteiger partial charge in [-0.25, -0.2) is 0 Å². The summed E-state index contributed by atoms with van der Waals surface area (Å²) in [5.41, 5.74) is -0.736. The Hall–Kier alpha value is -2.05. The maximum Gasteiger partial charge on any atom is 0.290 e. The van der Waals surface area contributed by atoms with Gasteiger partial charge in [-0.3, -0.25) is 9.69 Å². The predicted molar refractivity (Wildman–Crippen MR) is 102 cm³/mol. The van der Waals surface area contributed by atoms with Gasteiger partial charge in [0.25, 0.3) is 5.91 Å². The number of hydrogen-bond donors (Lipinski definition) is 1. The highest BCUT2D eigenvalue weighted by molar-refractivity contribution is 5.92. The molecule has 2 aromatic rings. The van der Waals surface area contributed by atoms with Gasteiger partial charge in [0.05, 0.1) is 31.5 Å². The molecule has 1 saturated heterocycles. The highest BCUT2D eigenvalue weighted by Crippen LogP contribution is 2.24. The number of hydrogen-bond acceptors (Lipinski definition) is 5. The van der Waals surface area contributed by atoms with E-state index < -0.39 is 5.54 Å². The number of amides is 1. The summed E-state index contributed by atoms with van der Waals surface area (Å²) >= 11 is 0. The molecule has 0 atom stereocenters. The molecule has 1 amide bonds. The van der Waals surface area contributed by atoms with E-state index in [4.69, 9.17) is 8.83 Å². The van der Waals surface area contributed by atoms with E-state index in [0.29, 0.717) is 11.5 Å². The summed E-state index contributed by atoms with van der Waals surface area (Å²) in [6.07, 6.45) is 3.98. The molecule has 1 aliphatic heterocycles. The van der Waals surface area contributed by atoms with Crippen molar-refractivity contribution in [2.24, 2.45) is 5.92 Å². The number of aliphatic hydroxyl groups is 1. The summed E-state index contributed by atoms with van der Waals surface area (Å²) in [6, 6.07) is 7.21. The van der Waals surface area contributed by atoms with E-state index in [1.165, 1.54) is 12.8 Å². The molecule has 0 saturated carbocycles. The van der Waals surface area contributed by atoms with Crippen molar-refractivity contribution in [3.05, 3.63) is 47.8 Å². The van der Waals surface area contributed by atoms with Crippen LogP contribution in [-0.4, -0.2) is 46.0 Å². The van der Waals surface area contributed by atoms with Gasteiger partial charge >= 0.3 is 0 Å². The first-order valence-corrected chi connectivity index (χ1v) is 9.65. The number of likely N-dealkylation sites (tertiary alicyclic amines) is 1. The predicted octanol–water partition coefficient (Wildman–Crippen LogP) is 3.52. The molecule has 6 nitrogen and oxygen atoms in total. The second-order valence-corrected chi connectivity index (χ2v) is 8.17. The number of piperidine rings is 1. The van der Waals surface area contributed by atoms with Gasteiger partial charge in [-0.15, -0.1) is 0 Å². The fraction of sp³-hybridized carbons (Fsp3) is 0.571. The lowest BCUT2D eigenvalue weighted by Gasteiger charge is -2.36. The van der Waals surface area contributed by atoms with Crippen LogP contribution >= 0.6 is 0 Å². The van der Waals surface area contributed by atoms with E-state index in [1.807, 2.05) is 26.0 Å². The number of rotatable bonds is 7. The largest absolute Gasteiger partial charge is 0.467 e. The molecular weight excluding hydrogens is 344 g/mol. The number of carbonyl (C=O) groups excluding carboxylic acids is 1. The number of furan rings is 2. The van der Waals surface area contributed by atoms with E-state index in [1.54, 1.807) is 23.3 Å². The molecule has 0 aromatic carbocycles. The molecule has 3 rings (SSSR count). The monoisotopic (exact) mass is 374 g/mol. The summed E-state index contributed by atoms with van der Waals surface area (Å²) in [5, 5.41) is 9.77. The lowest BCUT2D eigenvalue weighted by Crippen LogP contribution is -2.49. The van der Waals surface area contributed by atoms with Crippen molar-refractivity contribution in [3.63, 3.8) is 0 Å². The van der Waals surface area contributed by atoms with E-state index in [0.717, 1.165) is 31.3 Å². The van der Waals surface area contributed by atoms with Crippen LogP contribution in [0.5, 0.6) is 0 Å². The smallest absolute Gasteiger partial charge is 0.290 e. The first-order chi connectivity index (χ1) is 12.9. The Morgan fingerprint density at radius 1 is 1.26 bits per heavy atom. The summed E-state index contributed by atoms with van der Waals surface area (Å²) in [5.74, 6) is 2.30. The molecule has 148 valence electrons. The van der Waals surface area contributed by atoms with Crippen molar-refractivity contribution in [3.8, 4) is 0 Å². The zero-order chi connectivity index (χ0) is 19.4. The molecule has 1 aliphatic rings. The zero-order valence-corrected chi connectivity index (χ0v) is 16.5. The van der Waals surface area contributed by atoms with Crippen molar-refractivity contribution in [1.82, 2.24) is 9.80 Å². The molecular formula is C21H30N2O4. The SMILES string of the molecule is CC1CCN(Cc2ccc(C(=O)N(Cc3ccco3)C(C)(C)CO)o2)CC1. The maximum atomic E-state index is 13.1. The number of nitrogens with zero attached hydrogens (tertiary/aromatic N) is 2. The zero-order valence-electron chi connectivity index (χ0n) is 16.5. The Morgan fingerprint density at radius 3 is 2.63 bits per heavy atom. The lowest BCUT2D eigenvalue weighted by atomic mass is 9.99. The van der Waals surface area contributed by atoms with Crippen molar-refractivity contribution in [2.75, 3.05) is 19.7 Å². The molecule has 0 unspecified atom stereocenters. The van der Waals surface area contributed by atoms with Gasteiger partial charge in [-0.2, -0.15) is 0 Å². The van der Waals surface area contributed by atoms with Crippen molar-refractivity contribution in [1.29, 1.82) is 0 Å². The third-order valence-electron chi connectivity index (χ3n) is 5.38. The van der Waals surface area contributed by atoms with Gasteiger partial charge in [0, 0.05) is 0 Å². The molecule has 3 heterocycles. The molecule has 27 heavy (non-hydrogen) atoms. The van der Waals surface area contributed by atoms with Crippen molar-refractivity contribution in [2.45, 2.75) is 52.2 Å². The standard InChI is InChI=1S/C21H30N2O4/c1-16-8-10-22(11-9-16)13-18-6-7-19(27-18)20(25)23(21(2,3)15-24)14-17-5-4-12-26-17/h4-7,12,16,24H,8-11,13-15H2,1-3H3. The summed E-state index contributed by atoms with van der Waals surface area (Å²) in [6.45, 7) is 8.91. The van der Waals surface area contributed by atoms with Crippen LogP contribution in [0, 0.1) is 5.92 Å². The maximum absolute atomic E-state index is 13.1. The first kappa shape index (κ1) is 19.7. The van der Waals surface area contributed by atoms with E-state index in [9.17, 15) is 9.90 Å². The van der Waals surface area contributed by atoms with Gasteiger partial charge in [0.15, 0.2) is 5.76 Å².